The number of ether oxygens (including phenoxy) is 1. The van der Waals surface area contributed by atoms with Gasteiger partial charge in [0.05, 0.1) is 0 Å². The maximum atomic E-state index is 10.3. The number of rotatable bonds is 0. The zero-order valence-corrected chi connectivity index (χ0v) is 5.32. The zero-order valence-electron chi connectivity index (χ0n) is 6.32. The maximum absolute atomic E-state index is 10.3. The second kappa shape index (κ2) is 2.03. The van der Waals surface area contributed by atoms with Gasteiger partial charge in [0.1, 0.15) is 5.60 Å². The largest absolute Gasteiger partial charge is 0.444 e. The van der Waals surface area contributed by atoms with Gasteiger partial charge in [-0.3, -0.25) is 0 Å². The smallest absolute Gasteiger partial charge is 0.405 e. The molecule has 0 aliphatic carbocycles. The quantitative estimate of drug-likeness (QED) is 0.513. The zero-order chi connectivity index (χ0) is 7.49. The number of hydrogen-bond donors (Lipinski definition) is 1. The lowest BCUT2D eigenvalue weighted by atomic mass is 10.2. The van der Waals surface area contributed by atoms with Crippen molar-refractivity contribution in [2.24, 2.45) is 5.73 Å². The van der Waals surface area contributed by atoms with Gasteiger partial charge in [-0.25, -0.2) is 4.79 Å². The molecule has 0 aromatic carbocycles. The molecule has 0 fully saturated rings. The van der Waals surface area contributed by atoms with Crippen LogP contribution in [-0.4, -0.2) is 11.7 Å². The summed E-state index contributed by atoms with van der Waals surface area (Å²) in [5.74, 6) is 0. The molecule has 0 heterocycles. The molecule has 1 amide bonds. The highest BCUT2D eigenvalue weighted by molar-refractivity contribution is 5.65. The highest BCUT2D eigenvalue weighted by atomic mass is 16.6. The third-order valence-corrected chi connectivity index (χ3v) is 0.399. The van der Waals surface area contributed by atoms with Crippen molar-refractivity contribution in [2.75, 3.05) is 0 Å². The lowest BCUT2D eigenvalue weighted by molar-refractivity contribution is 0.0600. The van der Waals surface area contributed by atoms with Crippen molar-refractivity contribution < 1.29 is 10.9 Å². The second-order valence-electron chi connectivity index (χ2n) is 2.50. The molecular formula is C5H11NO2. The highest BCUT2D eigenvalue weighted by Crippen LogP contribution is 2.04. The van der Waals surface area contributed by atoms with E-state index in [0.717, 1.165) is 0 Å². The summed E-state index contributed by atoms with van der Waals surface area (Å²) in [6.07, 6.45) is -0.720. The predicted molar refractivity (Wildman–Crippen MR) is 30.4 cm³/mol. The molecule has 8 heavy (non-hydrogen) atoms. The summed E-state index contributed by atoms with van der Waals surface area (Å²) in [7, 11) is 0. The van der Waals surface area contributed by atoms with E-state index in [1.807, 2.05) is 0 Å². The summed E-state index contributed by atoms with van der Waals surface area (Å²) in [5.41, 5.74) is 1.10. The van der Waals surface area contributed by atoms with Crippen LogP contribution in [0.2, 0.25) is 1.41 Å². The van der Waals surface area contributed by atoms with Crippen LogP contribution in [0.25, 0.3) is 0 Å². The number of carbonyl (C=O) groups excluding carboxylic acids is 1. The van der Waals surface area contributed by atoms with Crippen molar-refractivity contribution in [3.8, 4) is 0 Å². The molecule has 0 aliphatic heterocycles. The molecule has 3 nitrogen and oxygen atoms in total. The van der Waals surface area contributed by atoms with E-state index in [9.17, 15) is 4.79 Å². The van der Waals surface area contributed by atoms with Gasteiger partial charge in [-0.05, 0) is 20.8 Å². The van der Waals surface area contributed by atoms with Crippen molar-refractivity contribution in [3.05, 3.63) is 0 Å². The Labute approximate surface area is 50.3 Å². The third kappa shape index (κ3) is 5.27. The maximum Gasteiger partial charge on any atom is 0.405 e. The van der Waals surface area contributed by atoms with Gasteiger partial charge in [0.2, 0.25) is 0 Å². The van der Waals surface area contributed by atoms with Crippen molar-refractivity contribution >= 4 is 6.09 Å². The Bertz CT molecular complexity index is 108. The van der Waals surface area contributed by atoms with Gasteiger partial charge < -0.3 is 10.5 Å². The molecule has 0 aromatic rings. The summed E-state index contributed by atoms with van der Waals surface area (Å²) >= 11 is 0. The van der Waals surface area contributed by atoms with E-state index >= 15 is 0 Å². The van der Waals surface area contributed by atoms with Crippen LogP contribution >= 0.6 is 0 Å². The van der Waals surface area contributed by atoms with Crippen LogP contribution in [0.3, 0.4) is 0 Å². The van der Waals surface area contributed by atoms with Crippen LogP contribution in [0.5, 0.6) is 0 Å². The van der Waals surface area contributed by atoms with Gasteiger partial charge in [-0.15, -0.1) is 0 Å². The molecule has 0 saturated heterocycles. The minimum absolute atomic E-state index is 0.509. The fourth-order valence-corrected chi connectivity index (χ4v) is 0.278. The molecular weight excluding hydrogens is 106 g/mol. The van der Waals surface area contributed by atoms with Crippen molar-refractivity contribution in [2.45, 2.75) is 26.4 Å². The molecule has 0 spiro atoms. The molecule has 0 saturated carbocycles. The second-order valence-corrected chi connectivity index (χ2v) is 2.50. The first kappa shape index (κ1) is 5.41. The number of nitrogens with two attached hydrogens (primary N) is 1. The van der Waals surface area contributed by atoms with E-state index in [0.29, 0.717) is 0 Å². The molecule has 0 aliphatic rings. The Balaban J connectivity index is 3.60. The highest BCUT2D eigenvalue weighted by Gasteiger charge is 2.12. The molecule has 0 radical (unpaired) electrons. The molecule has 3 heteroatoms. The fraction of sp³-hybridized carbons (Fsp3) is 0.800. The average Bonchev–Trinajstić information content (AvgIpc) is 1.62. The molecule has 0 bridgehead atoms. The fourth-order valence-electron chi connectivity index (χ4n) is 0.278. The summed E-state index contributed by atoms with van der Waals surface area (Å²) in [5, 5.41) is 0. The molecule has 0 atom stereocenters. The van der Waals surface area contributed by atoms with E-state index in [-0.39, 0.29) is 0 Å². The van der Waals surface area contributed by atoms with Crippen LogP contribution in [-0.2, 0) is 4.74 Å². The van der Waals surface area contributed by atoms with Gasteiger partial charge in [-0.1, -0.05) is 0 Å². The van der Waals surface area contributed by atoms with E-state index in [2.05, 4.69) is 4.74 Å². The lowest BCUT2D eigenvalue weighted by Gasteiger charge is -2.16. The average molecular weight is 118 g/mol. The number of hydrogen-bond acceptors (Lipinski definition) is 2. The first-order chi connectivity index (χ1) is 3.95. The van der Waals surface area contributed by atoms with Crippen molar-refractivity contribution in [1.29, 1.82) is 0 Å². The third-order valence-electron chi connectivity index (χ3n) is 0.399. The van der Waals surface area contributed by atoms with Crippen LogP contribution in [0.4, 0.5) is 4.79 Å². The van der Waals surface area contributed by atoms with E-state index in [4.69, 9.17) is 1.41 Å². The minimum Gasteiger partial charge on any atom is -0.444 e. The monoisotopic (exact) mass is 118 g/mol. The number of carbonyl (C=O) groups is 1. The van der Waals surface area contributed by atoms with E-state index < -0.39 is 11.7 Å². The minimum atomic E-state index is -0.720. The number of amides is 1. The van der Waals surface area contributed by atoms with Gasteiger partial charge in [-0.2, -0.15) is 0 Å². The van der Waals surface area contributed by atoms with Gasteiger partial charge in [0, 0.05) is 0 Å². The summed E-state index contributed by atoms with van der Waals surface area (Å²) < 4.78 is 11.0. The van der Waals surface area contributed by atoms with Crippen LogP contribution in [0.15, 0.2) is 0 Å². The van der Waals surface area contributed by atoms with E-state index in [1.165, 1.54) is 0 Å². The summed E-state index contributed by atoms with van der Waals surface area (Å²) in [6.45, 7) is 5.22. The van der Waals surface area contributed by atoms with Gasteiger partial charge in [0.15, 0.2) is 1.41 Å². The first-order valence-corrected chi connectivity index (χ1v) is 2.36. The van der Waals surface area contributed by atoms with E-state index in [1.54, 1.807) is 26.5 Å². The molecule has 0 rings (SSSR count). The Morgan fingerprint density at radius 2 is 2.25 bits per heavy atom. The Morgan fingerprint density at radius 3 is 2.38 bits per heavy atom. The molecule has 0 unspecified atom stereocenters. The van der Waals surface area contributed by atoms with Crippen LogP contribution in [0.1, 0.15) is 20.8 Å². The predicted octanol–water partition coefficient (Wildman–Crippen LogP) is 0.880. The molecule has 2 N–H and O–H groups in total. The summed E-state index contributed by atoms with van der Waals surface area (Å²) in [4.78, 5) is 10.3. The van der Waals surface area contributed by atoms with Crippen molar-refractivity contribution in [3.63, 3.8) is 0 Å². The Kier molecular flexibility index (Phi) is 1.37. The summed E-state index contributed by atoms with van der Waals surface area (Å²) in [6, 6.07) is 0. The molecule has 0 aromatic heterocycles. The Morgan fingerprint density at radius 1 is 1.75 bits per heavy atom. The Hall–Kier alpha value is -0.730. The standard InChI is InChI=1S/C5H11NO2/c1-5(2,3)8-4(6)7/h1-3H3,(H2,6,7)/i/hD. The SMILES string of the molecule is [2H]NC(=O)OC(C)(C)C. The van der Waals surface area contributed by atoms with Crippen molar-refractivity contribution in [1.82, 2.24) is 0 Å². The lowest BCUT2D eigenvalue weighted by Crippen LogP contribution is -2.27. The van der Waals surface area contributed by atoms with Gasteiger partial charge in [0.25, 0.3) is 0 Å². The molecule has 48 valence electrons. The van der Waals surface area contributed by atoms with Gasteiger partial charge >= 0.3 is 6.09 Å². The normalized spacial score (nSPS) is 12.1. The van der Waals surface area contributed by atoms with Crippen LogP contribution < -0.4 is 5.73 Å². The van der Waals surface area contributed by atoms with Crippen LogP contribution in [0, 0.1) is 0 Å². The first-order valence-electron chi connectivity index (χ1n) is 2.86. The topological polar surface area (TPSA) is 52.3 Å². The number of primary amides is 1.